The van der Waals surface area contributed by atoms with Crippen LogP contribution in [-0.4, -0.2) is 38.8 Å². The Morgan fingerprint density at radius 2 is 2.14 bits per heavy atom. The monoisotopic (exact) mass is 331 g/mol. The molecule has 1 fully saturated rings. The molecule has 1 aromatic carbocycles. The predicted molar refractivity (Wildman–Crippen MR) is 81.4 cm³/mol. The summed E-state index contributed by atoms with van der Waals surface area (Å²) >= 11 is 5.98. The van der Waals surface area contributed by atoms with Gasteiger partial charge in [0.15, 0.2) is 0 Å². The number of halogens is 1. The Labute approximate surface area is 129 Å². The molecule has 0 saturated carbocycles. The first-order chi connectivity index (χ1) is 9.70. The molecular formula is C13H18ClN3O3S. The van der Waals surface area contributed by atoms with Gasteiger partial charge in [0.2, 0.25) is 15.9 Å². The number of nitrogen functional groups attached to an aromatic ring is 1. The Morgan fingerprint density at radius 1 is 1.48 bits per heavy atom. The van der Waals surface area contributed by atoms with E-state index in [1.54, 1.807) is 20.0 Å². The molecule has 116 valence electrons. The van der Waals surface area contributed by atoms with Crippen molar-refractivity contribution >= 4 is 33.2 Å². The summed E-state index contributed by atoms with van der Waals surface area (Å²) in [6.07, 6.45) is 0.464. The van der Waals surface area contributed by atoms with Gasteiger partial charge in [0.05, 0.1) is 10.4 Å². The lowest BCUT2D eigenvalue weighted by Crippen LogP contribution is -2.40. The van der Waals surface area contributed by atoms with Crippen LogP contribution < -0.4 is 11.1 Å². The van der Waals surface area contributed by atoms with E-state index in [-0.39, 0.29) is 28.9 Å². The number of amides is 1. The summed E-state index contributed by atoms with van der Waals surface area (Å²) in [6.45, 7) is 2.15. The van der Waals surface area contributed by atoms with Crippen LogP contribution in [0.4, 0.5) is 5.69 Å². The molecular weight excluding hydrogens is 314 g/mol. The van der Waals surface area contributed by atoms with Crippen LogP contribution in [-0.2, 0) is 14.8 Å². The quantitative estimate of drug-likeness (QED) is 0.810. The molecule has 1 aromatic rings. The van der Waals surface area contributed by atoms with E-state index < -0.39 is 15.4 Å². The molecule has 0 spiro atoms. The maximum Gasteiger partial charge on any atom is 0.244 e. The zero-order valence-electron chi connectivity index (χ0n) is 11.9. The summed E-state index contributed by atoms with van der Waals surface area (Å²) in [7, 11) is -2.22. The number of anilines is 1. The molecule has 1 amide bonds. The van der Waals surface area contributed by atoms with Crippen molar-refractivity contribution in [1.29, 1.82) is 0 Å². The summed E-state index contributed by atoms with van der Waals surface area (Å²) in [5.74, 6) is -0.168. The summed E-state index contributed by atoms with van der Waals surface area (Å²) in [5, 5.41) is 2.70. The first-order valence-corrected chi connectivity index (χ1v) is 8.30. The van der Waals surface area contributed by atoms with E-state index in [0.717, 1.165) is 0 Å². The number of rotatable bonds is 3. The zero-order valence-corrected chi connectivity index (χ0v) is 13.5. The van der Waals surface area contributed by atoms with Crippen LogP contribution in [0.15, 0.2) is 23.1 Å². The van der Waals surface area contributed by atoms with Gasteiger partial charge in [-0.15, -0.1) is 0 Å². The molecule has 1 unspecified atom stereocenters. The van der Waals surface area contributed by atoms with E-state index in [9.17, 15) is 13.2 Å². The SMILES string of the molecule is CNC(=O)C1(C)CCN(S(=O)(=O)c2cc(N)ccc2Cl)C1. The number of nitrogens with two attached hydrogens (primary N) is 1. The molecule has 0 aliphatic carbocycles. The fourth-order valence-corrected chi connectivity index (χ4v) is 4.54. The first kappa shape index (κ1) is 16.1. The number of benzene rings is 1. The van der Waals surface area contributed by atoms with E-state index in [4.69, 9.17) is 17.3 Å². The first-order valence-electron chi connectivity index (χ1n) is 6.48. The molecule has 1 aliphatic heterocycles. The lowest BCUT2D eigenvalue weighted by atomic mass is 9.89. The molecule has 0 radical (unpaired) electrons. The zero-order chi connectivity index (χ0) is 15.8. The van der Waals surface area contributed by atoms with Crippen LogP contribution in [0.2, 0.25) is 5.02 Å². The van der Waals surface area contributed by atoms with Crippen molar-refractivity contribution in [3.8, 4) is 0 Å². The van der Waals surface area contributed by atoms with Crippen LogP contribution in [0.25, 0.3) is 0 Å². The van der Waals surface area contributed by atoms with Crippen LogP contribution in [0, 0.1) is 5.41 Å². The standard InChI is InChI=1S/C13H18ClN3O3S/c1-13(12(18)16-2)5-6-17(8-13)21(19,20)11-7-9(15)3-4-10(11)14/h3-4,7H,5-6,8,15H2,1-2H3,(H,16,18). The summed E-state index contributed by atoms with van der Waals surface area (Å²) < 4.78 is 26.6. The molecule has 0 aromatic heterocycles. The van der Waals surface area contributed by atoms with Crippen LogP contribution in [0.3, 0.4) is 0 Å². The van der Waals surface area contributed by atoms with Crippen molar-refractivity contribution in [2.75, 3.05) is 25.9 Å². The molecule has 1 atom stereocenters. The lowest BCUT2D eigenvalue weighted by molar-refractivity contribution is -0.128. The number of carbonyl (C=O) groups excluding carboxylic acids is 1. The molecule has 21 heavy (non-hydrogen) atoms. The molecule has 0 bridgehead atoms. The van der Waals surface area contributed by atoms with Gasteiger partial charge in [0.25, 0.3) is 0 Å². The fraction of sp³-hybridized carbons (Fsp3) is 0.462. The van der Waals surface area contributed by atoms with Gasteiger partial charge in [-0.05, 0) is 31.5 Å². The number of sulfonamides is 1. The second-order valence-corrected chi connectivity index (χ2v) is 7.73. The molecule has 8 heteroatoms. The summed E-state index contributed by atoms with van der Waals surface area (Å²) in [4.78, 5) is 11.9. The fourth-order valence-electron chi connectivity index (χ4n) is 2.47. The van der Waals surface area contributed by atoms with Crippen molar-refractivity contribution in [2.45, 2.75) is 18.2 Å². The Morgan fingerprint density at radius 3 is 2.76 bits per heavy atom. The highest BCUT2D eigenvalue weighted by molar-refractivity contribution is 7.89. The van der Waals surface area contributed by atoms with Crippen LogP contribution in [0.5, 0.6) is 0 Å². The molecule has 1 heterocycles. The third-order valence-electron chi connectivity index (χ3n) is 3.79. The minimum absolute atomic E-state index is 0.0228. The van der Waals surface area contributed by atoms with Crippen molar-refractivity contribution in [1.82, 2.24) is 9.62 Å². The van der Waals surface area contributed by atoms with Gasteiger partial charge < -0.3 is 11.1 Å². The van der Waals surface area contributed by atoms with Gasteiger partial charge in [-0.25, -0.2) is 8.42 Å². The number of nitrogens with one attached hydrogen (secondary N) is 1. The van der Waals surface area contributed by atoms with E-state index in [1.807, 2.05) is 0 Å². The van der Waals surface area contributed by atoms with Gasteiger partial charge in [0, 0.05) is 25.8 Å². The molecule has 1 aliphatic rings. The Balaban J connectivity index is 2.34. The van der Waals surface area contributed by atoms with E-state index >= 15 is 0 Å². The van der Waals surface area contributed by atoms with Crippen molar-refractivity contribution in [2.24, 2.45) is 5.41 Å². The van der Waals surface area contributed by atoms with Crippen molar-refractivity contribution < 1.29 is 13.2 Å². The number of hydrogen-bond acceptors (Lipinski definition) is 4. The highest BCUT2D eigenvalue weighted by atomic mass is 35.5. The Hall–Kier alpha value is -1.31. The summed E-state index contributed by atoms with van der Waals surface area (Å²) in [6, 6.07) is 4.34. The maximum atomic E-state index is 12.7. The lowest BCUT2D eigenvalue weighted by Gasteiger charge is -2.23. The average Bonchev–Trinajstić information content (AvgIpc) is 2.85. The van der Waals surface area contributed by atoms with Crippen molar-refractivity contribution in [3.05, 3.63) is 23.2 Å². The second kappa shape index (κ2) is 5.47. The third kappa shape index (κ3) is 2.86. The van der Waals surface area contributed by atoms with Gasteiger partial charge >= 0.3 is 0 Å². The minimum Gasteiger partial charge on any atom is -0.399 e. The highest BCUT2D eigenvalue weighted by Gasteiger charge is 2.44. The maximum absolute atomic E-state index is 12.7. The molecule has 1 saturated heterocycles. The Bertz CT molecular complexity index is 677. The normalized spacial score (nSPS) is 23.2. The average molecular weight is 332 g/mol. The van der Waals surface area contributed by atoms with Gasteiger partial charge in [-0.1, -0.05) is 11.6 Å². The minimum atomic E-state index is -3.76. The van der Waals surface area contributed by atoms with Crippen LogP contribution >= 0.6 is 11.6 Å². The molecule has 2 rings (SSSR count). The Kier molecular flexibility index (Phi) is 4.19. The molecule has 6 nitrogen and oxygen atoms in total. The van der Waals surface area contributed by atoms with Gasteiger partial charge in [0.1, 0.15) is 4.90 Å². The number of nitrogens with zero attached hydrogens (tertiary/aromatic N) is 1. The number of carbonyl (C=O) groups is 1. The van der Waals surface area contributed by atoms with Gasteiger partial charge in [-0.3, -0.25) is 4.79 Å². The van der Waals surface area contributed by atoms with Crippen LogP contribution in [0.1, 0.15) is 13.3 Å². The van der Waals surface area contributed by atoms with Crippen molar-refractivity contribution in [3.63, 3.8) is 0 Å². The van der Waals surface area contributed by atoms with E-state index in [1.165, 1.54) is 16.4 Å². The van der Waals surface area contributed by atoms with E-state index in [2.05, 4.69) is 5.32 Å². The largest absolute Gasteiger partial charge is 0.399 e. The summed E-state index contributed by atoms with van der Waals surface area (Å²) in [5.41, 5.74) is 5.24. The third-order valence-corrected chi connectivity index (χ3v) is 6.11. The predicted octanol–water partition coefficient (Wildman–Crippen LogP) is 1.07. The topological polar surface area (TPSA) is 92.5 Å². The van der Waals surface area contributed by atoms with E-state index in [0.29, 0.717) is 12.1 Å². The molecule has 3 N–H and O–H groups in total. The second-order valence-electron chi connectivity index (χ2n) is 5.42. The number of hydrogen-bond donors (Lipinski definition) is 2. The van der Waals surface area contributed by atoms with Gasteiger partial charge in [-0.2, -0.15) is 4.31 Å². The highest BCUT2D eigenvalue weighted by Crippen LogP contribution is 2.35. The smallest absolute Gasteiger partial charge is 0.244 e.